The minimum absolute atomic E-state index is 0.0766. The Kier molecular flexibility index (Phi) is 4.10. The van der Waals surface area contributed by atoms with Crippen molar-refractivity contribution in [3.05, 3.63) is 59.2 Å². The molecular weight excluding hydrogens is 234 g/mol. The molecular formula is C17H21NO. The summed E-state index contributed by atoms with van der Waals surface area (Å²) in [5.74, 6) is 0.353. The van der Waals surface area contributed by atoms with Crippen LogP contribution in [0.15, 0.2) is 42.5 Å². The summed E-state index contributed by atoms with van der Waals surface area (Å²) >= 11 is 0. The second-order valence-corrected chi connectivity index (χ2v) is 4.98. The summed E-state index contributed by atoms with van der Waals surface area (Å²) in [7, 11) is 0. The van der Waals surface area contributed by atoms with E-state index < -0.39 is 0 Å². The fraction of sp³-hybridized carbons (Fsp3) is 0.294. The predicted octanol–water partition coefficient (Wildman–Crippen LogP) is 4.44. The van der Waals surface area contributed by atoms with Gasteiger partial charge in [-0.1, -0.05) is 31.2 Å². The van der Waals surface area contributed by atoms with Crippen molar-refractivity contribution in [1.29, 1.82) is 0 Å². The van der Waals surface area contributed by atoms with Gasteiger partial charge in [-0.25, -0.2) is 0 Å². The summed E-state index contributed by atoms with van der Waals surface area (Å²) in [6.07, 6.45) is 1.03. The minimum Gasteiger partial charge on any atom is -0.508 e. The lowest BCUT2D eigenvalue weighted by Crippen LogP contribution is -2.07. The van der Waals surface area contributed by atoms with E-state index in [1.807, 2.05) is 19.1 Å². The second-order valence-electron chi connectivity index (χ2n) is 4.98. The van der Waals surface area contributed by atoms with Gasteiger partial charge in [0.05, 0.1) is 6.04 Å². The van der Waals surface area contributed by atoms with Crippen molar-refractivity contribution < 1.29 is 5.11 Å². The van der Waals surface area contributed by atoms with Gasteiger partial charge in [0.15, 0.2) is 0 Å². The standard InChI is InChI=1S/C17H21NO/c1-4-14-6-5-7-15(11-14)18-13(3)16-9-8-12(2)10-17(16)19/h5-11,13,18-19H,4H2,1-3H3. The van der Waals surface area contributed by atoms with Crippen LogP contribution in [0.1, 0.15) is 36.6 Å². The lowest BCUT2D eigenvalue weighted by Gasteiger charge is -2.17. The van der Waals surface area contributed by atoms with Gasteiger partial charge in [0.25, 0.3) is 0 Å². The fourth-order valence-electron chi connectivity index (χ4n) is 2.23. The molecule has 2 aromatic carbocycles. The van der Waals surface area contributed by atoms with Crippen LogP contribution in [0.3, 0.4) is 0 Å². The van der Waals surface area contributed by atoms with E-state index >= 15 is 0 Å². The van der Waals surface area contributed by atoms with Crippen molar-refractivity contribution in [3.63, 3.8) is 0 Å². The topological polar surface area (TPSA) is 32.3 Å². The number of aromatic hydroxyl groups is 1. The average molecular weight is 255 g/mol. The largest absolute Gasteiger partial charge is 0.508 e. The van der Waals surface area contributed by atoms with E-state index in [0.29, 0.717) is 5.75 Å². The molecule has 0 aliphatic rings. The quantitative estimate of drug-likeness (QED) is 0.846. The number of hydrogen-bond donors (Lipinski definition) is 2. The van der Waals surface area contributed by atoms with E-state index in [4.69, 9.17) is 0 Å². The molecule has 0 bridgehead atoms. The third kappa shape index (κ3) is 3.28. The molecule has 2 heteroatoms. The van der Waals surface area contributed by atoms with Gasteiger partial charge in [-0.05, 0) is 49.6 Å². The maximum Gasteiger partial charge on any atom is 0.121 e. The number of benzene rings is 2. The molecule has 2 aromatic rings. The van der Waals surface area contributed by atoms with Crippen LogP contribution in [0.2, 0.25) is 0 Å². The van der Waals surface area contributed by atoms with Crippen LogP contribution in [0.25, 0.3) is 0 Å². The van der Waals surface area contributed by atoms with E-state index in [0.717, 1.165) is 23.2 Å². The highest BCUT2D eigenvalue weighted by molar-refractivity contribution is 5.49. The Morgan fingerprint density at radius 3 is 2.63 bits per heavy atom. The van der Waals surface area contributed by atoms with Crippen molar-refractivity contribution in [3.8, 4) is 5.75 Å². The normalized spacial score (nSPS) is 12.2. The first-order chi connectivity index (χ1) is 9.10. The predicted molar refractivity (Wildman–Crippen MR) is 80.7 cm³/mol. The highest BCUT2D eigenvalue weighted by Crippen LogP contribution is 2.28. The average Bonchev–Trinajstić information content (AvgIpc) is 2.38. The molecule has 0 saturated heterocycles. The van der Waals surface area contributed by atoms with E-state index in [1.54, 1.807) is 6.07 Å². The van der Waals surface area contributed by atoms with Crippen molar-refractivity contribution >= 4 is 5.69 Å². The summed E-state index contributed by atoms with van der Waals surface area (Å²) in [6, 6.07) is 14.3. The molecule has 0 radical (unpaired) electrons. The Morgan fingerprint density at radius 2 is 1.95 bits per heavy atom. The second kappa shape index (κ2) is 5.79. The first-order valence-electron chi connectivity index (χ1n) is 6.75. The van der Waals surface area contributed by atoms with Crippen molar-refractivity contribution in [2.24, 2.45) is 0 Å². The van der Waals surface area contributed by atoms with Crippen LogP contribution in [-0.2, 0) is 6.42 Å². The highest BCUT2D eigenvalue weighted by atomic mass is 16.3. The first kappa shape index (κ1) is 13.5. The SMILES string of the molecule is CCc1cccc(NC(C)c2ccc(C)cc2O)c1. The van der Waals surface area contributed by atoms with Crippen LogP contribution in [0.4, 0.5) is 5.69 Å². The van der Waals surface area contributed by atoms with E-state index in [9.17, 15) is 5.11 Å². The van der Waals surface area contributed by atoms with Crippen molar-refractivity contribution in [1.82, 2.24) is 0 Å². The number of phenols is 1. The van der Waals surface area contributed by atoms with Crippen molar-refractivity contribution in [2.75, 3.05) is 5.32 Å². The molecule has 2 N–H and O–H groups in total. The summed E-state index contributed by atoms with van der Waals surface area (Å²) in [5, 5.41) is 13.4. The van der Waals surface area contributed by atoms with Gasteiger partial charge in [-0.3, -0.25) is 0 Å². The molecule has 0 aliphatic heterocycles. The molecule has 0 aromatic heterocycles. The molecule has 0 saturated carbocycles. The molecule has 0 heterocycles. The van der Waals surface area contributed by atoms with Gasteiger partial charge in [-0.15, -0.1) is 0 Å². The van der Waals surface area contributed by atoms with Gasteiger partial charge in [0, 0.05) is 11.3 Å². The molecule has 0 aliphatic carbocycles. The summed E-state index contributed by atoms with van der Waals surface area (Å²) in [4.78, 5) is 0. The van der Waals surface area contributed by atoms with Gasteiger partial charge in [0.2, 0.25) is 0 Å². The number of phenolic OH excluding ortho intramolecular Hbond substituents is 1. The molecule has 1 unspecified atom stereocenters. The molecule has 19 heavy (non-hydrogen) atoms. The van der Waals surface area contributed by atoms with E-state index in [2.05, 4.69) is 43.4 Å². The molecule has 100 valence electrons. The molecule has 0 fully saturated rings. The van der Waals surface area contributed by atoms with Crippen molar-refractivity contribution in [2.45, 2.75) is 33.2 Å². The van der Waals surface area contributed by atoms with Gasteiger partial charge >= 0.3 is 0 Å². The Labute approximate surface area is 115 Å². The third-order valence-corrected chi connectivity index (χ3v) is 3.37. The summed E-state index contributed by atoms with van der Waals surface area (Å²) in [5.41, 5.74) is 4.39. The summed E-state index contributed by atoms with van der Waals surface area (Å²) in [6.45, 7) is 6.18. The number of rotatable bonds is 4. The van der Waals surface area contributed by atoms with Gasteiger partial charge in [0.1, 0.15) is 5.75 Å². The van der Waals surface area contributed by atoms with E-state index in [-0.39, 0.29) is 6.04 Å². The highest BCUT2D eigenvalue weighted by Gasteiger charge is 2.10. The number of aryl methyl sites for hydroxylation is 2. The van der Waals surface area contributed by atoms with Crippen LogP contribution in [-0.4, -0.2) is 5.11 Å². The smallest absolute Gasteiger partial charge is 0.121 e. The zero-order valence-electron chi connectivity index (χ0n) is 11.8. The van der Waals surface area contributed by atoms with Gasteiger partial charge in [-0.2, -0.15) is 0 Å². The third-order valence-electron chi connectivity index (χ3n) is 3.37. The first-order valence-corrected chi connectivity index (χ1v) is 6.75. The zero-order chi connectivity index (χ0) is 13.8. The monoisotopic (exact) mass is 255 g/mol. The molecule has 0 amide bonds. The maximum atomic E-state index is 10.0. The number of hydrogen-bond acceptors (Lipinski definition) is 2. The molecule has 2 nitrogen and oxygen atoms in total. The number of anilines is 1. The van der Waals surface area contributed by atoms with Gasteiger partial charge < -0.3 is 10.4 Å². The number of nitrogens with one attached hydrogen (secondary N) is 1. The van der Waals surface area contributed by atoms with E-state index in [1.165, 1.54) is 5.56 Å². The van der Waals surface area contributed by atoms with Crippen LogP contribution in [0.5, 0.6) is 5.75 Å². The van der Waals surface area contributed by atoms with Crippen LogP contribution < -0.4 is 5.32 Å². The molecule has 2 rings (SSSR count). The van der Waals surface area contributed by atoms with Crippen LogP contribution >= 0.6 is 0 Å². The molecule has 0 spiro atoms. The van der Waals surface area contributed by atoms with Crippen LogP contribution in [0, 0.1) is 6.92 Å². The zero-order valence-corrected chi connectivity index (χ0v) is 11.8. The Morgan fingerprint density at radius 1 is 1.16 bits per heavy atom. The Hall–Kier alpha value is -1.96. The Bertz CT molecular complexity index is 563. The Balaban J connectivity index is 2.17. The summed E-state index contributed by atoms with van der Waals surface area (Å²) < 4.78 is 0. The minimum atomic E-state index is 0.0766. The fourth-order valence-corrected chi connectivity index (χ4v) is 2.23. The molecule has 1 atom stereocenters. The lowest BCUT2D eigenvalue weighted by molar-refractivity contribution is 0.465. The maximum absolute atomic E-state index is 10.0. The lowest BCUT2D eigenvalue weighted by atomic mass is 10.0.